The van der Waals surface area contributed by atoms with Gasteiger partial charge in [-0.15, -0.1) is 11.8 Å². The second kappa shape index (κ2) is 6.21. The van der Waals surface area contributed by atoms with Crippen LogP contribution in [0.2, 0.25) is 0 Å². The predicted molar refractivity (Wildman–Crippen MR) is 77.4 cm³/mol. The molecule has 6 heteroatoms. The van der Waals surface area contributed by atoms with Gasteiger partial charge in [0.05, 0.1) is 0 Å². The zero-order chi connectivity index (χ0) is 14.5. The normalized spacial score (nSPS) is 10.1. The maximum absolute atomic E-state index is 12.0. The average Bonchev–Trinajstić information content (AvgIpc) is 2.47. The molecular weight excluding hydrogens is 276 g/mol. The van der Waals surface area contributed by atoms with Crippen LogP contribution in [0, 0.1) is 0 Å². The molecule has 0 spiro atoms. The Labute approximate surface area is 120 Å². The van der Waals surface area contributed by atoms with Crippen LogP contribution in [0.4, 0.5) is 5.69 Å². The third-order valence-electron chi connectivity index (χ3n) is 2.53. The number of anilines is 1. The van der Waals surface area contributed by atoms with E-state index in [1.807, 2.05) is 24.5 Å². The number of amides is 1. The Kier molecular flexibility index (Phi) is 4.37. The summed E-state index contributed by atoms with van der Waals surface area (Å²) in [5.74, 6) is -1.60. The van der Waals surface area contributed by atoms with Crippen LogP contribution in [-0.4, -0.2) is 28.2 Å². The number of carboxylic acid groups (broad SMARTS) is 1. The molecule has 1 amide bonds. The number of hydrogen-bond donors (Lipinski definition) is 2. The monoisotopic (exact) mass is 288 g/mol. The highest BCUT2D eigenvalue weighted by Gasteiger charge is 2.11. The smallest absolute Gasteiger partial charge is 0.354 e. The molecule has 2 aromatic rings. The molecule has 0 saturated heterocycles. The first-order valence-corrected chi connectivity index (χ1v) is 6.98. The van der Waals surface area contributed by atoms with Crippen molar-refractivity contribution in [2.24, 2.45) is 0 Å². The van der Waals surface area contributed by atoms with Gasteiger partial charge in [0.2, 0.25) is 0 Å². The van der Waals surface area contributed by atoms with Gasteiger partial charge in [-0.2, -0.15) is 0 Å². The second-order valence-electron chi connectivity index (χ2n) is 3.90. The molecule has 1 aromatic carbocycles. The van der Waals surface area contributed by atoms with Crippen LogP contribution in [0.5, 0.6) is 0 Å². The zero-order valence-electron chi connectivity index (χ0n) is 10.7. The van der Waals surface area contributed by atoms with E-state index in [1.54, 1.807) is 17.8 Å². The van der Waals surface area contributed by atoms with Crippen molar-refractivity contribution in [3.8, 4) is 0 Å². The largest absolute Gasteiger partial charge is 0.477 e. The molecule has 0 bridgehead atoms. The molecule has 0 radical (unpaired) electrons. The average molecular weight is 288 g/mol. The molecule has 2 N–H and O–H groups in total. The van der Waals surface area contributed by atoms with Gasteiger partial charge < -0.3 is 10.4 Å². The first-order chi connectivity index (χ1) is 9.60. The predicted octanol–water partition coefficient (Wildman–Crippen LogP) is 2.75. The Morgan fingerprint density at radius 3 is 2.55 bits per heavy atom. The zero-order valence-corrected chi connectivity index (χ0v) is 11.5. The van der Waals surface area contributed by atoms with Crippen LogP contribution >= 0.6 is 11.8 Å². The lowest BCUT2D eigenvalue weighted by Gasteiger charge is -2.06. The van der Waals surface area contributed by atoms with Crippen molar-refractivity contribution in [2.75, 3.05) is 11.6 Å². The van der Waals surface area contributed by atoms with Crippen LogP contribution < -0.4 is 5.32 Å². The van der Waals surface area contributed by atoms with Crippen molar-refractivity contribution >= 4 is 29.3 Å². The molecule has 20 heavy (non-hydrogen) atoms. The van der Waals surface area contributed by atoms with Crippen molar-refractivity contribution in [1.82, 2.24) is 4.98 Å². The van der Waals surface area contributed by atoms with Crippen LogP contribution in [0.25, 0.3) is 0 Å². The highest BCUT2D eigenvalue weighted by molar-refractivity contribution is 7.98. The van der Waals surface area contributed by atoms with Crippen LogP contribution in [-0.2, 0) is 0 Å². The van der Waals surface area contributed by atoms with E-state index in [0.29, 0.717) is 5.69 Å². The molecule has 0 unspecified atom stereocenters. The number of pyridine rings is 1. The SMILES string of the molecule is CSc1cccc(NC(=O)c2cccc(C(=O)O)n2)c1. The van der Waals surface area contributed by atoms with E-state index >= 15 is 0 Å². The molecule has 1 aromatic heterocycles. The number of carbonyl (C=O) groups excluding carboxylic acids is 1. The Morgan fingerprint density at radius 2 is 1.85 bits per heavy atom. The maximum atomic E-state index is 12.0. The summed E-state index contributed by atoms with van der Waals surface area (Å²) in [5, 5.41) is 11.5. The van der Waals surface area contributed by atoms with Gasteiger partial charge >= 0.3 is 5.97 Å². The first kappa shape index (κ1) is 14.1. The lowest BCUT2D eigenvalue weighted by atomic mass is 10.2. The molecule has 0 fully saturated rings. The summed E-state index contributed by atoms with van der Waals surface area (Å²) in [7, 11) is 0. The van der Waals surface area contributed by atoms with E-state index in [2.05, 4.69) is 10.3 Å². The van der Waals surface area contributed by atoms with E-state index in [4.69, 9.17) is 5.11 Å². The molecule has 0 atom stereocenters. The molecule has 0 aliphatic carbocycles. The summed E-state index contributed by atoms with van der Waals surface area (Å²) < 4.78 is 0. The van der Waals surface area contributed by atoms with Crippen molar-refractivity contribution in [3.63, 3.8) is 0 Å². The highest BCUT2D eigenvalue weighted by Crippen LogP contribution is 2.19. The van der Waals surface area contributed by atoms with Gasteiger partial charge in [-0.25, -0.2) is 9.78 Å². The van der Waals surface area contributed by atoms with E-state index in [-0.39, 0.29) is 11.4 Å². The lowest BCUT2D eigenvalue weighted by Crippen LogP contribution is -2.15. The molecule has 102 valence electrons. The van der Waals surface area contributed by atoms with Gasteiger partial charge in [-0.05, 0) is 36.6 Å². The van der Waals surface area contributed by atoms with Gasteiger partial charge in [-0.3, -0.25) is 4.79 Å². The Bertz CT molecular complexity index is 658. The molecule has 5 nitrogen and oxygen atoms in total. The van der Waals surface area contributed by atoms with Crippen LogP contribution in [0.1, 0.15) is 21.0 Å². The molecule has 0 aliphatic rings. The summed E-state index contributed by atoms with van der Waals surface area (Å²) in [6, 6.07) is 11.7. The Morgan fingerprint density at radius 1 is 1.15 bits per heavy atom. The van der Waals surface area contributed by atoms with Crippen LogP contribution in [0.3, 0.4) is 0 Å². The molecule has 0 aliphatic heterocycles. The van der Waals surface area contributed by atoms with Gasteiger partial charge in [-0.1, -0.05) is 12.1 Å². The number of nitrogens with one attached hydrogen (secondary N) is 1. The number of aromatic carboxylic acids is 1. The summed E-state index contributed by atoms with van der Waals surface area (Å²) in [4.78, 5) is 27.7. The minimum atomic E-state index is -1.16. The van der Waals surface area contributed by atoms with Crippen molar-refractivity contribution in [3.05, 3.63) is 53.9 Å². The first-order valence-electron chi connectivity index (χ1n) is 5.76. The minimum Gasteiger partial charge on any atom is -0.477 e. The van der Waals surface area contributed by atoms with E-state index < -0.39 is 11.9 Å². The summed E-state index contributed by atoms with van der Waals surface area (Å²) in [6.07, 6.45) is 1.94. The Hall–Kier alpha value is -2.34. The number of rotatable bonds is 4. The van der Waals surface area contributed by atoms with Crippen molar-refractivity contribution in [2.45, 2.75) is 4.90 Å². The van der Waals surface area contributed by atoms with Crippen molar-refractivity contribution in [1.29, 1.82) is 0 Å². The lowest BCUT2D eigenvalue weighted by molar-refractivity contribution is 0.0690. The van der Waals surface area contributed by atoms with Gasteiger partial charge in [0.1, 0.15) is 11.4 Å². The Balaban J connectivity index is 2.19. The summed E-state index contributed by atoms with van der Waals surface area (Å²) >= 11 is 1.57. The number of hydrogen-bond acceptors (Lipinski definition) is 4. The molecule has 0 saturated carbocycles. The highest BCUT2D eigenvalue weighted by atomic mass is 32.2. The third-order valence-corrected chi connectivity index (χ3v) is 3.25. The van der Waals surface area contributed by atoms with E-state index in [1.165, 1.54) is 18.2 Å². The van der Waals surface area contributed by atoms with Crippen molar-refractivity contribution < 1.29 is 14.7 Å². The fraction of sp³-hybridized carbons (Fsp3) is 0.0714. The number of thioether (sulfide) groups is 1. The standard InChI is InChI=1S/C14H12N2O3S/c1-20-10-5-2-4-9(8-10)15-13(17)11-6-3-7-12(16-11)14(18)19/h2-8H,1H3,(H,15,17)(H,18,19). The number of aromatic nitrogens is 1. The van der Waals surface area contributed by atoms with Gasteiger partial charge in [0.25, 0.3) is 5.91 Å². The molecular formula is C14H12N2O3S. The van der Waals surface area contributed by atoms with Crippen LogP contribution in [0.15, 0.2) is 47.4 Å². The maximum Gasteiger partial charge on any atom is 0.354 e. The fourth-order valence-electron chi connectivity index (χ4n) is 1.58. The molecule has 2 rings (SSSR count). The van der Waals surface area contributed by atoms with Gasteiger partial charge in [0, 0.05) is 10.6 Å². The minimum absolute atomic E-state index is 0.0689. The summed E-state index contributed by atoms with van der Waals surface area (Å²) in [5.41, 5.74) is 0.555. The topological polar surface area (TPSA) is 79.3 Å². The summed E-state index contributed by atoms with van der Waals surface area (Å²) in [6.45, 7) is 0. The number of nitrogens with zero attached hydrogens (tertiary/aromatic N) is 1. The number of benzene rings is 1. The quantitative estimate of drug-likeness (QED) is 0.846. The number of carbonyl (C=O) groups is 2. The van der Waals surface area contributed by atoms with Gasteiger partial charge in [0.15, 0.2) is 0 Å². The fourth-order valence-corrected chi connectivity index (χ4v) is 2.04. The second-order valence-corrected chi connectivity index (χ2v) is 4.78. The van der Waals surface area contributed by atoms with E-state index in [0.717, 1.165) is 4.90 Å². The number of carboxylic acids is 1. The third kappa shape index (κ3) is 3.36. The molecule has 1 heterocycles. The van der Waals surface area contributed by atoms with E-state index in [9.17, 15) is 9.59 Å².